The first-order chi connectivity index (χ1) is 12.7. The van der Waals surface area contributed by atoms with Gasteiger partial charge in [-0.3, -0.25) is 19.9 Å². The average Bonchev–Trinajstić information content (AvgIpc) is 3.33. The van der Waals surface area contributed by atoms with Crippen LogP contribution in [0.5, 0.6) is 0 Å². The van der Waals surface area contributed by atoms with Crippen molar-refractivity contribution in [2.45, 2.75) is 0 Å². The molecular formula is C18H12N4O4. The number of carbonyl (C=O) groups is 2. The first-order valence-electron chi connectivity index (χ1n) is 7.65. The third-order valence-electron chi connectivity index (χ3n) is 3.56. The third-order valence-corrected chi connectivity index (χ3v) is 3.56. The van der Waals surface area contributed by atoms with Gasteiger partial charge in [0.25, 0.3) is 11.8 Å². The number of amides is 2. The van der Waals surface area contributed by atoms with E-state index in [-0.39, 0.29) is 17.5 Å². The molecule has 26 heavy (non-hydrogen) atoms. The molecule has 128 valence electrons. The molecule has 0 unspecified atom stereocenters. The maximum Gasteiger partial charge on any atom is 0.302 e. The lowest BCUT2D eigenvalue weighted by Gasteiger charge is -2.04. The van der Waals surface area contributed by atoms with Gasteiger partial charge in [-0.05, 0) is 36.4 Å². The van der Waals surface area contributed by atoms with Gasteiger partial charge in [-0.15, -0.1) is 0 Å². The van der Waals surface area contributed by atoms with Crippen molar-refractivity contribution in [3.63, 3.8) is 0 Å². The summed E-state index contributed by atoms with van der Waals surface area (Å²) in [6, 6.07) is 12.1. The van der Waals surface area contributed by atoms with Crippen molar-refractivity contribution >= 4 is 34.4 Å². The fraction of sp³-hybridized carbons (Fsp3) is 0. The van der Waals surface area contributed by atoms with Crippen LogP contribution in [0.1, 0.15) is 21.0 Å². The fourth-order valence-electron chi connectivity index (χ4n) is 2.35. The monoisotopic (exact) mass is 348 g/mol. The Morgan fingerprint density at radius 1 is 0.962 bits per heavy atom. The molecule has 4 rings (SSSR count). The Hall–Kier alpha value is -3.94. The lowest BCUT2D eigenvalue weighted by atomic mass is 10.2. The van der Waals surface area contributed by atoms with Crippen molar-refractivity contribution in [3.05, 3.63) is 72.6 Å². The molecule has 8 nitrogen and oxygen atoms in total. The summed E-state index contributed by atoms with van der Waals surface area (Å²) in [6.45, 7) is 0. The Morgan fingerprint density at radius 2 is 1.88 bits per heavy atom. The second kappa shape index (κ2) is 6.52. The zero-order valence-corrected chi connectivity index (χ0v) is 13.3. The van der Waals surface area contributed by atoms with Crippen molar-refractivity contribution in [2.24, 2.45) is 0 Å². The number of hydrogen-bond acceptors (Lipinski definition) is 6. The molecule has 0 radical (unpaired) electrons. The molecule has 0 aliphatic rings. The smallest absolute Gasteiger partial charge is 0.302 e. The molecule has 0 aliphatic carbocycles. The van der Waals surface area contributed by atoms with E-state index in [4.69, 9.17) is 8.83 Å². The second-order valence-corrected chi connectivity index (χ2v) is 5.33. The lowest BCUT2D eigenvalue weighted by molar-refractivity contribution is 0.0990. The molecule has 0 atom stereocenters. The number of carbonyl (C=O) groups excluding carboxylic acids is 2. The number of anilines is 2. The molecule has 2 N–H and O–H groups in total. The van der Waals surface area contributed by atoms with Crippen molar-refractivity contribution in [1.29, 1.82) is 0 Å². The molecule has 8 heteroatoms. The van der Waals surface area contributed by atoms with Crippen LogP contribution in [0.15, 0.2) is 70.0 Å². The summed E-state index contributed by atoms with van der Waals surface area (Å²) < 4.78 is 10.1. The van der Waals surface area contributed by atoms with E-state index in [1.807, 2.05) is 18.2 Å². The SMILES string of the molecule is O=C(Nc1ccc2ncccc2c1)c1coc(NC(=O)c2ccco2)n1. The standard InChI is InChI=1S/C18H12N4O4/c23-16(20-12-5-6-13-11(9-12)3-1-7-19-13)14-10-26-18(21-14)22-17(24)15-4-2-8-25-15/h1-10H,(H,20,23)(H,21,22,24). The van der Waals surface area contributed by atoms with E-state index in [0.29, 0.717) is 5.69 Å². The number of aromatic nitrogens is 2. The summed E-state index contributed by atoms with van der Waals surface area (Å²) in [7, 11) is 0. The second-order valence-electron chi connectivity index (χ2n) is 5.33. The average molecular weight is 348 g/mol. The molecule has 4 aromatic rings. The Morgan fingerprint density at radius 3 is 2.73 bits per heavy atom. The number of pyridine rings is 1. The highest BCUT2D eigenvalue weighted by Gasteiger charge is 2.16. The van der Waals surface area contributed by atoms with Crippen LogP contribution in [0.25, 0.3) is 10.9 Å². The number of nitrogens with zero attached hydrogens (tertiary/aromatic N) is 2. The maximum absolute atomic E-state index is 12.3. The van der Waals surface area contributed by atoms with Gasteiger partial charge in [0.05, 0.1) is 11.8 Å². The van der Waals surface area contributed by atoms with Crippen LogP contribution in [0, 0.1) is 0 Å². The zero-order chi connectivity index (χ0) is 17.9. The van der Waals surface area contributed by atoms with Gasteiger partial charge in [-0.25, -0.2) is 0 Å². The van der Waals surface area contributed by atoms with Gasteiger partial charge in [0.15, 0.2) is 11.5 Å². The normalized spacial score (nSPS) is 10.6. The number of furan rings is 1. The van der Waals surface area contributed by atoms with Crippen LogP contribution in [-0.4, -0.2) is 21.8 Å². The molecule has 0 spiro atoms. The van der Waals surface area contributed by atoms with Gasteiger partial charge in [0, 0.05) is 17.3 Å². The van der Waals surface area contributed by atoms with Crippen molar-refractivity contribution in [2.75, 3.05) is 10.6 Å². The Kier molecular flexibility index (Phi) is 3.91. The van der Waals surface area contributed by atoms with Crippen LogP contribution < -0.4 is 10.6 Å². The molecule has 2 amide bonds. The summed E-state index contributed by atoms with van der Waals surface area (Å²) >= 11 is 0. The molecular weight excluding hydrogens is 336 g/mol. The highest BCUT2D eigenvalue weighted by Crippen LogP contribution is 2.18. The van der Waals surface area contributed by atoms with Crippen molar-refractivity contribution < 1.29 is 18.4 Å². The van der Waals surface area contributed by atoms with Crippen molar-refractivity contribution in [3.8, 4) is 0 Å². The summed E-state index contributed by atoms with van der Waals surface area (Å²) in [5.41, 5.74) is 1.46. The predicted octanol–water partition coefficient (Wildman–Crippen LogP) is 3.32. The molecule has 0 saturated heterocycles. The highest BCUT2D eigenvalue weighted by atomic mass is 16.4. The highest BCUT2D eigenvalue weighted by molar-refractivity contribution is 6.04. The van der Waals surface area contributed by atoms with E-state index in [1.165, 1.54) is 12.3 Å². The minimum absolute atomic E-state index is 0.0334. The Labute approximate surface area is 146 Å². The number of fused-ring (bicyclic) bond motifs is 1. The minimum Gasteiger partial charge on any atom is -0.459 e. The topological polar surface area (TPSA) is 110 Å². The molecule has 0 bridgehead atoms. The summed E-state index contributed by atoms with van der Waals surface area (Å²) in [6.07, 6.45) is 4.24. The molecule has 0 aliphatic heterocycles. The van der Waals surface area contributed by atoms with E-state index in [0.717, 1.165) is 17.2 Å². The molecule has 0 fully saturated rings. The van der Waals surface area contributed by atoms with Crippen LogP contribution in [-0.2, 0) is 0 Å². The molecule has 3 aromatic heterocycles. The van der Waals surface area contributed by atoms with E-state index >= 15 is 0 Å². The van der Waals surface area contributed by atoms with E-state index in [2.05, 4.69) is 20.6 Å². The van der Waals surface area contributed by atoms with E-state index < -0.39 is 11.8 Å². The van der Waals surface area contributed by atoms with Gasteiger partial charge in [-0.2, -0.15) is 4.98 Å². The van der Waals surface area contributed by atoms with Crippen LogP contribution in [0.4, 0.5) is 11.7 Å². The van der Waals surface area contributed by atoms with Gasteiger partial charge in [0.1, 0.15) is 6.26 Å². The fourth-order valence-corrected chi connectivity index (χ4v) is 2.35. The zero-order valence-electron chi connectivity index (χ0n) is 13.3. The van der Waals surface area contributed by atoms with Crippen LogP contribution in [0.3, 0.4) is 0 Å². The Bertz CT molecular complexity index is 1090. The Balaban J connectivity index is 1.46. The third kappa shape index (κ3) is 3.16. The number of rotatable bonds is 4. The predicted molar refractivity (Wildman–Crippen MR) is 92.9 cm³/mol. The number of benzene rings is 1. The molecule has 1 aromatic carbocycles. The largest absolute Gasteiger partial charge is 0.459 e. The number of oxazole rings is 1. The number of hydrogen-bond donors (Lipinski definition) is 2. The lowest BCUT2D eigenvalue weighted by Crippen LogP contribution is -2.14. The summed E-state index contributed by atoms with van der Waals surface area (Å²) in [4.78, 5) is 32.3. The first-order valence-corrected chi connectivity index (χ1v) is 7.65. The van der Waals surface area contributed by atoms with E-state index in [1.54, 1.807) is 24.4 Å². The van der Waals surface area contributed by atoms with Crippen LogP contribution in [0.2, 0.25) is 0 Å². The van der Waals surface area contributed by atoms with Gasteiger partial charge < -0.3 is 14.2 Å². The number of nitrogens with one attached hydrogen (secondary N) is 2. The summed E-state index contributed by atoms with van der Waals surface area (Å²) in [5, 5.41) is 6.03. The molecule has 0 saturated carbocycles. The van der Waals surface area contributed by atoms with Gasteiger partial charge in [0.2, 0.25) is 0 Å². The summed E-state index contributed by atoms with van der Waals surface area (Å²) in [5.74, 6) is -0.875. The first kappa shape index (κ1) is 15.6. The van der Waals surface area contributed by atoms with Gasteiger partial charge in [-0.1, -0.05) is 6.07 Å². The van der Waals surface area contributed by atoms with Crippen molar-refractivity contribution in [1.82, 2.24) is 9.97 Å². The van der Waals surface area contributed by atoms with E-state index in [9.17, 15) is 9.59 Å². The van der Waals surface area contributed by atoms with Crippen LogP contribution >= 0.6 is 0 Å². The quantitative estimate of drug-likeness (QED) is 0.585. The molecule has 3 heterocycles. The minimum atomic E-state index is -0.522. The van der Waals surface area contributed by atoms with Gasteiger partial charge >= 0.3 is 6.01 Å². The maximum atomic E-state index is 12.3.